The third-order valence-electron chi connectivity index (χ3n) is 8.22. The molecule has 6 nitrogen and oxygen atoms in total. The van der Waals surface area contributed by atoms with E-state index >= 15 is 0 Å². The Bertz CT molecular complexity index is 1000. The zero-order valence-electron chi connectivity index (χ0n) is 22.1. The largest absolute Gasteiger partial charge is 0.338 e. The topological polar surface area (TPSA) is 52.6 Å². The molecule has 0 saturated carbocycles. The molecule has 4 rings (SSSR count). The van der Waals surface area contributed by atoms with Gasteiger partial charge in [0, 0.05) is 50.3 Å². The molecule has 0 unspecified atom stereocenters. The van der Waals surface area contributed by atoms with Crippen LogP contribution in [0, 0.1) is 27.7 Å². The van der Waals surface area contributed by atoms with Crippen LogP contribution in [-0.2, 0) is 0 Å². The van der Waals surface area contributed by atoms with E-state index in [1.54, 1.807) is 0 Å². The average molecular weight is 464 g/mol. The zero-order valence-corrected chi connectivity index (χ0v) is 22.1. The maximum Gasteiger partial charge on any atom is 0.257 e. The van der Waals surface area contributed by atoms with Crippen LogP contribution >= 0.6 is 0 Å². The van der Waals surface area contributed by atoms with Gasteiger partial charge in [0.25, 0.3) is 5.91 Å². The second-order valence-electron chi connectivity index (χ2n) is 10.7. The number of hydrogen-bond donors (Lipinski definition) is 0. The molecule has 1 amide bonds. The molecule has 2 fully saturated rings. The average Bonchev–Trinajstić information content (AvgIpc) is 2.79. The lowest BCUT2D eigenvalue weighted by molar-refractivity contribution is -0.0278. The van der Waals surface area contributed by atoms with Crippen LogP contribution in [0.2, 0.25) is 0 Å². The summed E-state index contributed by atoms with van der Waals surface area (Å²) in [5.74, 6) is 0.810. The lowest BCUT2D eigenvalue weighted by Gasteiger charge is -2.52. The number of rotatable bonds is 4. The minimum absolute atomic E-state index is 0.0853. The minimum atomic E-state index is 0.0853. The van der Waals surface area contributed by atoms with Gasteiger partial charge in [-0.3, -0.25) is 14.6 Å². The molecule has 0 radical (unpaired) electrons. The molecular formula is C28H41N5O. The molecule has 0 aliphatic carbocycles. The molecule has 2 aliphatic rings. The summed E-state index contributed by atoms with van der Waals surface area (Å²) >= 11 is 0. The highest BCUT2D eigenvalue weighted by Gasteiger charge is 2.41. The third-order valence-corrected chi connectivity index (χ3v) is 8.22. The van der Waals surface area contributed by atoms with Gasteiger partial charge in [0.05, 0.1) is 17.0 Å². The van der Waals surface area contributed by atoms with Crippen molar-refractivity contribution in [2.24, 2.45) is 0 Å². The molecule has 2 saturated heterocycles. The fraction of sp³-hybridized carbons (Fsp3) is 0.607. The van der Waals surface area contributed by atoms with Crippen molar-refractivity contribution in [3.05, 3.63) is 58.2 Å². The number of carbonyl (C=O) groups excluding carboxylic acids is 1. The van der Waals surface area contributed by atoms with Crippen molar-refractivity contribution in [1.82, 2.24) is 24.7 Å². The molecule has 6 heteroatoms. The maximum absolute atomic E-state index is 13.3. The van der Waals surface area contributed by atoms with Crippen molar-refractivity contribution in [2.45, 2.75) is 78.9 Å². The van der Waals surface area contributed by atoms with E-state index in [1.165, 1.54) is 11.1 Å². The predicted octanol–water partition coefficient (Wildman–Crippen LogP) is 4.47. The Morgan fingerprint density at radius 1 is 0.971 bits per heavy atom. The molecule has 3 heterocycles. The van der Waals surface area contributed by atoms with Gasteiger partial charge in [-0.25, -0.2) is 9.97 Å². The first kappa shape index (κ1) is 24.8. The summed E-state index contributed by atoms with van der Waals surface area (Å²) in [6.07, 6.45) is 2.01. The van der Waals surface area contributed by atoms with Crippen LogP contribution in [0.25, 0.3) is 0 Å². The standard InChI is InChI=1S/C28H41N5O/c1-19-8-10-25(11-9-19)23(5)33-17-16-32(18-20(33)2)28(7)12-14-31(15-13-28)27(34)26-21(3)29-24(6)30-22(26)4/h8-11,20,23H,12-18H2,1-7H3/t20-,23-/m0/s1. The van der Waals surface area contributed by atoms with Gasteiger partial charge in [-0.2, -0.15) is 0 Å². The Kier molecular flexibility index (Phi) is 7.11. The monoisotopic (exact) mass is 463 g/mol. The van der Waals surface area contributed by atoms with Crippen molar-refractivity contribution < 1.29 is 4.79 Å². The van der Waals surface area contributed by atoms with Gasteiger partial charge in [0.2, 0.25) is 0 Å². The van der Waals surface area contributed by atoms with Crippen LogP contribution in [0.3, 0.4) is 0 Å². The molecular weight excluding hydrogens is 422 g/mol. The molecule has 2 aromatic rings. The van der Waals surface area contributed by atoms with E-state index in [9.17, 15) is 4.79 Å². The molecule has 34 heavy (non-hydrogen) atoms. The number of likely N-dealkylation sites (tertiary alicyclic amines) is 1. The summed E-state index contributed by atoms with van der Waals surface area (Å²) < 4.78 is 0. The van der Waals surface area contributed by atoms with Crippen molar-refractivity contribution in [3.63, 3.8) is 0 Å². The second kappa shape index (κ2) is 9.74. The third kappa shape index (κ3) is 4.89. The highest BCUT2D eigenvalue weighted by atomic mass is 16.2. The highest BCUT2D eigenvalue weighted by Crippen LogP contribution is 2.33. The number of amides is 1. The summed E-state index contributed by atoms with van der Waals surface area (Å²) in [5.41, 5.74) is 5.10. The Morgan fingerprint density at radius 2 is 1.56 bits per heavy atom. The Morgan fingerprint density at radius 3 is 2.12 bits per heavy atom. The summed E-state index contributed by atoms with van der Waals surface area (Å²) in [6, 6.07) is 9.90. The molecule has 1 aromatic heterocycles. The van der Waals surface area contributed by atoms with Crippen LogP contribution in [0.5, 0.6) is 0 Å². The van der Waals surface area contributed by atoms with Gasteiger partial charge in [0.1, 0.15) is 5.82 Å². The first-order chi connectivity index (χ1) is 16.1. The van der Waals surface area contributed by atoms with E-state index in [4.69, 9.17) is 0 Å². The smallest absolute Gasteiger partial charge is 0.257 e. The number of aryl methyl sites for hydroxylation is 4. The molecule has 0 N–H and O–H groups in total. The van der Waals surface area contributed by atoms with Crippen LogP contribution in [-0.4, -0.2) is 74.9 Å². The number of piperidine rings is 1. The predicted molar refractivity (Wildman–Crippen MR) is 137 cm³/mol. The number of hydrogen-bond acceptors (Lipinski definition) is 5. The summed E-state index contributed by atoms with van der Waals surface area (Å²) in [7, 11) is 0. The first-order valence-corrected chi connectivity index (χ1v) is 12.8. The first-order valence-electron chi connectivity index (χ1n) is 12.8. The van der Waals surface area contributed by atoms with E-state index < -0.39 is 0 Å². The Hall–Kier alpha value is -2.31. The van der Waals surface area contributed by atoms with E-state index in [2.05, 4.69) is 71.7 Å². The second-order valence-corrected chi connectivity index (χ2v) is 10.7. The number of nitrogens with zero attached hydrogens (tertiary/aromatic N) is 5. The number of piperazine rings is 1. The molecule has 0 bridgehead atoms. The minimum Gasteiger partial charge on any atom is -0.338 e. The Balaban J connectivity index is 1.37. The van der Waals surface area contributed by atoms with Gasteiger partial charge >= 0.3 is 0 Å². The van der Waals surface area contributed by atoms with Crippen molar-refractivity contribution >= 4 is 5.91 Å². The van der Waals surface area contributed by atoms with E-state index in [-0.39, 0.29) is 11.4 Å². The summed E-state index contributed by atoms with van der Waals surface area (Å²) in [4.78, 5) is 29.5. The van der Waals surface area contributed by atoms with Crippen molar-refractivity contribution in [2.75, 3.05) is 32.7 Å². The summed E-state index contributed by atoms with van der Waals surface area (Å²) in [6.45, 7) is 19.8. The van der Waals surface area contributed by atoms with Gasteiger partial charge < -0.3 is 4.90 Å². The van der Waals surface area contributed by atoms with Crippen LogP contribution < -0.4 is 0 Å². The van der Waals surface area contributed by atoms with Crippen LogP contribution in [0.4, 0.5) is 0 Å². The number of benzene rings is 1. The normalized spacial score (nSPS) is 22.6. The highest BCUT2D eigenvalue weighted by molar-refractivity contribution is 5.96. The van der Waals surface area contributed by atoms with E-state index in [1.807, 2.05) is 25.7 Å². The van der Waals surface area contributed by atoms with Gasteiger partial charge in [-0.15, -0.1) is 0 Å². The lowest BCUT2D eigenvalue weighted by Crippen LogP contribution is -2.62. The SMILES string of the molecule is Cc1ccc([C@H](C)N2CCN(C3(C)CCN(C(=O)c4c(C)nc(C)nc4C)CC3)C[C@@H]2C)cc1. The number of aromatic nitrogens is 2. The quantitative estimate of drug-likeness (QED) is 0.670. The van der Waals surface area contributed by atoms with Gasteiger partial charge in [-0.05, 0) is 66.9 Å². The molecule has 184 valence electrons. The van der Waals surface area contributed by atoms with Gasteiger partial charge in [-0.1, -0.05) is 29.8 Å². The summed E-state index contributed by atoms with van der Waals surface area (Å²) in [5, 5.41) is 0. The molecule has 1 aromatic carbocycles. The van der Waals surface area contributed by atoms with Gasteiger partial charge in [0.15, 0.2) is 0 Å². The van der Waals surface area contributed by atoms with Crippen LogP contribution in [0.1, 0.15) is 78.4 Å². The lowest BCUT2D eigenvalue weighted by atomic mass is 9.86. The van der Waals surface area contributed by atoms with E-state index in [0.29, 0.717) is 17.6 Å². The van der Waals surface area contributed by atoms with Crippen molar-refractivity contribution in [3.8, 4) is 0 Å². The maximum atomic E-state index is 13.3. The molecule has 0 spiro atoms. The number of carbonyl (C=O) groups is 1. The molecule has 2 aliphatic heterocycles. The fourth-order valence-electron chi connectivity index (χ4n) is 5.93. The van der Waals surface area contributed by atoms with Crippen molar-refractivity contribution in [1.29, 1.82) is 0 Å². The Labute approximate surface area is 205 Å². The van der Waals surface area contributed by atoms with E-state index in [0.717, 1.165) is 62.8 Å². The fourth-order valence-corrected chi connectivity index (χ4v) is 5.93. The molecule has 2 atom stereocenters. The zero-order chi connectivity index (χ0) is 24.6. The van der Waals surface area contributed by atoms with Crippen LogP contribution in [0.15, 0.2) is 24.3 Å².